The number of aliphatic hydroxyl groups is 1. The lowest BCUT2D eigenvalue weighted by Gasteiger charge is -2.10. The van der Waals surface area contributed by atoms with E-state index in [-0.39, 0.29) is 0 Å². The number of amides is 1. The molecule has 0 aliphatic carbocycles. The van der Waals surface area contributed by atoms with Gasteiger partial charge in [0.25, 0.3) is 5.91 Å². The fraction of sp³-hybridized carbons (Fsp3) is 0.667. The third-order valence-corrected chi connectivity index (χ3v) is 1.03. The Balaban J connectivity index is 3.85. The van der Waals surface area contributed by atoms with Crippen LogP contribution in [0.1, 0.15) is 13.8 Å². The first kappa shape index (κ1) is 9.90. The van der Waals surface area contributed by atoms with E-state index in [0.717, 1.165) is 0 Å². The Labute approximate surface area is 64.1 Å². The van der Waals surface area contributed by atoms with E-state index in [4.69, 9.17) is 10.8 Å². The van der Waals surface area contributed by atoms with E-state index in [1.54, 1.807) is 0 Å². The second kappa shape index (κ2) is 3.92. The average molecular weight is 161 g/mol. The predicted octanol–water partition coefficient (Wildman–Crippen LogP) is -1.22. The van der Waals surface area contributed by atoms with Gasteiger partial charge in [-0.1, -0.05) is 0 Å². The molecule has 5 nitrogen and oxygen atoms in total. The molecular formula is C6H11NO4. The Morgan fingerprint density at radius 3 is 2.18 bits per heavy atom. The van der Waals surface area contributed by atoms with Gasteiger partial charge >= 0.3 is 5.97 Å². The number of hydrogen-bond donors (Lipinski definition) is 2. The van der Waals surface area contributed by atoms with Crippen molar-refractivity contribution in [3.63, 3.8) is 0 Å². The van der Waals surface area contributed by atoms with Gasteiger partial charge in [-0.15, -0.1) is 0 Å². The van der Waals surface area contributed by atoms with Crippen molar-refractivity contribution in [1.82, 2.24) is 0 Å². The maximum atomic E-state index is 10.6. The molecule has 2 atom stereocenters. The van der Waals surface area contributed by atoms with Gasteiger partial charge in [-0.2, -0.15) is 0 Å². The molecule has 0 radical (unpaired) electrons. The summed E-state index contributed by atoms with van der Waals surface area (Å²) in [7, 11) is 0. The van der Waals surface area contributed by atoms with Crippen molar-refractivity contribution in [2.45, 2.75) is 26.1 Å². The molecule has 0 rings (SSSR count). The summed E-state index contributed by atoms with van der Waals surface area (Å²) in [5.74, 6) is -1.59. The van der Waals surface area contributed by atoms with Crippen LogP contribution in [0.15, 0.2) is 0 Å². The Bertz CT molecular complexity index is 166. The molecule has 2 unspecified atom stereocenters. The molecule has 64 valence electrons. The Kier molecular flexibility index (Phi) is 3.53. The van der Waals surface area contributed by atoms with Crippen LogP contribution in [0, 0.1) is 0 Å². The van der Waals surface area contributed by atoms with Crippen molar-refractivity contribution in [1.29, 1.82) is 0 Å². The molecular weight excluding hydrogens is 150 g/mol. The molecule has 1 amide bonds. The van der Waals surface area contributed by atoms with Gasteiger partial charge in [-0.25, -0.2) is 4.79 Å². The Hall–Kier alpha value is -1.10. The quantitative estimate of drug-likeness (QED) is 0.508. The van der Waals surface area contributed by atoms with Gasteiger partial charge in [0.05, 0.1) is 0 Å². The lowest BCUT2D eigenvalue weighted by molar-refractivity contribution is -0.161. The van der Waals surface area contributed by atoms with Gasteiger partial charge in [0.2, 0.25) is 0 Å². The number of hydrogen-bond acceptors (Lipinski definition) is 4. The van der Waals surface area contributed by atoms with Crippen molar-refractivity contribution in [2.24, 2.45) is 5.73 Å². The van der Waals surface area contributed by atoms with E-state index in [0.29, 0.717) is 0 Å². The zero-order valence-electron chi connectivity index (χ0n) is 6.40. The van der Waals surface area contributed by atoms with Crippen LogP contribution in [0.25, 0.3) is 0 Å². The highest BCUT2D eigenvalue weighted by atomic mass is 16.6. The minimum absolute atomic E-state index is 0.737. The first-order valence-corrected chi connectivity index (χ1v) is 3.13. The number of carbonyl (C=O) groups is 2. The van der Waals surface area contributed by atoms with E-state index in [2.05, 4.69) is 4.74 Å². The van der Waals surface area contributed by atoms with Crippen molar-refractivity contribution >= 4 is 11.9 Å². The molecule has 0 heterocycles. The highest BCUT2D eigenvalue weighted by Gasteiger charge is 2.17. The second-order valence-corrected chi connectivity index (χ2v) is 2.16. The zero-order valence-corrected chi connectivity index (χ0v) is 6.40. The van der Waals surface area contributed by atoms with Gasteiger partial charge in [0, 0.05) is 0 Å². The summed E-state index contributed by atoms with van der Waals surface area (Å²) >= 11 is 0. The molecule has 5 heteroatoms. The Morgan fingerprint density at radius 1 is 1.45 bits per heavy atom. The highest BCUT2D eigenvalue weighted by Crippen LogP contribution is 1.93. The summed E-state index contributed by atoms with van der Waals surface area (Å²) in [4.78, 5) is 20.9. The smallest absolute Gasteiger partial charge is 0.335 e. The lowest BCUT2D eigenvalue weighted by Crippen LogP contribution is -2.33. The van der Waals surface area contributed by atoms with E-state index in [9.17, 15) is 9.59 Å². The molecule has 0 saturated heterocycles. The monoisotopic (exact) mass is 161 g/mol. The van der Waals surface area contributed by atoms with Crippen LogP contribution in [0.5, 0.6) is 0 Å². The maximum Gasteiger partial charge on any atom is 0.335 e. The van der Waals surface area contributed by atoms with Crippen LogP contribution in [0.4, 0.5) is 0 Å². The largest absolute Gasteiger partial charge is 0.451 e. The van der Waals surface area contributed by atoms with Crippen LogP contribution < -0.4 is 5.73 Å². The summed E-state index contributed by atoms with van der Waals surface area (Å²) < 4.78 is 4.41. The number of nitrogens with two attached hydrogens (primary N) is 1. The highest BCUT2D eigenvalue weighted by molar-refractivity contribution is 5.82. The first-order chi connectivity index (χ1) is 4.95. The van der Waals surface area contributed by atoms with E-state index < -0.39 is 24.1 Å². The topological polar surface area (TPSA) is 89.6 Å². The number of rotatable bonds is 3. The standard InChI is InChI=1S/C6H11NO4/c1-3(8)6(10)11-4(2)5(7)9/h3-4,8H,1-2H3,(H2,7,9). The molecule has 0 fully saturated rings. The van der Waals surface area contributed by atoms with Gasteiger partial charge in [0.1, 0.15) is 6.10 Å². The average Bonchev–Trinajstić information content (AvgIpc) is 1.87. The molecule has 0 aromatic carbocycles. The van der Waals surface area contributed by atoms with Crippen LogP contribution >= 0.6 is 0 Å². The summed E-state index contributed by atoms with van der Waals surface area (Å²) in [5.41, 5.74) is 4.79. The van der Waals surface area contributed by atoms with Crippen LogP contribution in [-0.2, 0) is 14.3 Å². The molecule has 0 saturated carbocycles. The SMILES string of the molecule is CC(O)C(=O)OC(C)C(N)=O. The van der Waals surface area contributed by atoms with Gasteiger partial charge in [-0.05, 0) is 13.8 Å². The fourth-order valence-electron chi connectivity index (χ4n) is 0.331. The van der Waals surface area contributed by atoms with Crippen molar-refractivity contribution in [3.8, 4) is 0 Å². The van der Waals surface area contributed by atoms with Crippen LogP contribution in [0.3, 0.4) is 0 Å². The summed E-state index contributed by atoms with van der Waals surface area (Å²) in [5, 5.41) is 8.62. The van der Waals surface area contributed by atoms with Crippen LogP contribution in [-0.4, -0.2) is 29.2 Å². The van der Waals surface area contributed by atoms with Gasteiger partial charge < -0.3 is 15.6 Å². The number of ether oxygens (including phenoxy) is 1. The summed E-state index contributed by atoms with van der Waals surface area (Å²) in [6.45, 7) is 2.58. The van der Waals surface area contributed by atoms with E-state index in [1.807, 2.05) is 0 Å². The molecule has 0 aliphatic heterocycles. The minimum Gasteiger partial charge on any atom is -0.451 e. The number of aliphatic hydroxyl groups excluding tert-OH is 1. The normalized spacial score (nSPS) is 15.2. The Morgan fingerprint density at radius 2 is 1.91 bits per heavy atom. The van der Waals surface area contributed by atoms with Gasteiger partial charge in [0.15, 0.2) is 6.10 Å². The molecule has 0 aromatic rings. The number of primary amides is 1. The van der Waals surface area contributed by atoms with Crippen molar-refractivity contribution in [2.75, 3.05) is 0 Å². The molecule has 0 aliphatic rings. The van der Waals surface area contributed by atoms with Gasteiger partial charge in [-0.3, -0.25) is 4.79 Å². The lowest BCUT2D eigenvalue weighted by atomic mass is 10.3. The van der Waals surface area contributed by atoms with E-state index >= 15 is 0 Å². The van der Waals surface area contributed by atoms with Crippen molar-refractivity contribution in [3.05, 3.63) is 0 Å². The minimum atomic E-state index is -1.23. The zero-order chi connectivity index (χ0) is 9.02. The van der Waals surface area contributed by atoms with E-state index in [1.165, 1.54) is 13.8 Å². The summed E-state index contributed by atoms with van der Waals surface area (Å²) in [6, 6.07) is 0. The molecule has 11 heavy (non-hydrogen) atoms. The fourth-order valence-corrected chi connectivity index (χ4v) is 0.331. The maximum absolute atomic E-state index is 10.6. The van der Waals surface area contributed by atoms with Crippen molar-refractivity contribution < 1.29 is 19.4 Å². The third kappa shape index (κ3) is 3.57. The second-order valence-electron chi connectivity index (χ2n) is 2.16. The summed E-state index contributed by atoms with van der Waals surface area (Å²) in [6.07, 6.45) is -2.21. The molecule has 0 aromatic heterocycles. The molecule has 3 N–H and O–H groups in total. The molecule has 0 bridgehead atoms. The number of esters is 1. The first-order valence-electron chi connectivity index (χ1n) is 3.13. The molecule has 0 spiro atoms. The number of carbonyl (C=O) groups excluding carboxylic acids is 2. The third-order valence-electron chi connectivity index (χ3n) is 1.03. The predicted molar refractivity (Wildman–Crippen MR) is 36.4 cm³/mol. The van der Waals surface area contributed by atoms with Crippen LogP contribution in [0.2, 0.25) is 0 Å².